The molecule has 92 valence electrons. The van der Waals surface area contributed by atoms with E-state index in [9.17, 15) is 9.59 Å². The third-order valence-electron chi connectivity index (χ3n) is 2.01. The molecular weight excluding hydrogens is 252 g/mol. The summed E-state index contributed by atoms with van der Waals surface area (Å²) in [6.45, 7) is 0. The van der Waals surface area contributed by atoms with Crippen molar-refractivity contribution < 1.29 is 9.59 Å². The minimum absolute atomic E-state index is 0.134. The lowest BCUT2D eigenvalue weighted by atomic mass is 10.3. The van der Waals surface area contributed by atoms with E-state index in [1.54, 1.807) is 12.1 Å². The van der Waals surface area contributed by atoms with Gasteiger partial charge in [0.05, 0.1) is 0 Å². The van der Waals surface area contributed by atoms with Crippen molar-refractivity contribution in [3.8, 4) is 0 Å². The van der Waals surface area contributed by atoms with Crippen molar-refractivity contribution >= 4 is 34.1 Å². The molecule has 6 nitrogen and oxygen atoms in total. The number of urea groups is 1. The Labute approximate surface area is 107 Å². The van der Waals surface area contributed by atoms with Crippen molar-refractivity contribution in [2.75, 3.05) is 10.6 Å². The average Bonchev–Trinajstić information content (AvgIpc) is 2.78. The molecule has 0 aliphatic heterocycles. The number of anilines is 2. The molecule has 0 aliphatic carbocycles. The molecule has 1 heterocycles. The second kappa shape index (κ2) is 5.28. The zero-order valence-corrected chi connectivity index (χ0v) is 10.0. The molecule has 0 bridgehead atoms. The molecule has 0 saturated carbocycles. The Morgan fingerprint density at radius 2 is 1.89 bits per heavy atom. The molecule has 0 radical (unpaired) electrons. The number of nitrogens with one attached hydrogen (secondary N) is 2. The number of rotatable bonds is 3. The molecule has 2 aromatic rings. The van der Waals surface area contributed by atoms with E-state index in [1.807, 2.05) is 18.2 Å². The fourth-order valence-corrected chi connectivity index (χ4v) is 1.92. The summed E-state index contributed by atoms with van der Waals surface area (Å²) >= 11 is 1.13. The van der Waals surface area contributed by atoms with E-state index >= 15 is 0 Å². The monoisotopic (exact) mass is 262 g/mol. The van der Waals surface area contributed by atoms with Crippen LogP contribution < -0.4 is 16.4 Å². The number of carbonyl (C=O) groups is 2. The van der Waals surface area contributed by atoms with E-state index < -0.39 is 11.9 Å². The Bertz CT molecular complexity index is 567. The van der Waals surface area contributed by atoms with E-state index in [2.05, 4.69) is 15.6 Å². The molecule has 2 rings (SSSR count). The number of hydrogen-bond acceptors (Lipinski definition) is 4. The SMILES string of the molecule is NC(=O)c1csc(NC(=O)Nc2ccccc2)n1. The van der Waals surface area contributed by atoms with Crippen LogP contribution in [0.3, 0.4) is 0 Å². The molecule has 18 heavy (non-hydrogen) atoms. The zero-order chi connectivity index (χ0) is 13.0. The summed E-state index contributed by atoms with van der Waals surface area (Å²) < 4.78 is 0. The zero-order valence-electron chi connectivity index (χ0n) is 9.21. The fourth-order valence-electron chi connectivity index (χ4n) is 1.23. The first-order valence-electron chi connectivity index (χ1n) is 5.03. The second-order valence-corrected chi connectivity index (χ2v) is 4.21. The van der Waals surface area contributed by atoms with Crippen LogP contribution in [0.5, 0.6) is 0 Å². The number of benzene rings is 1. The minimum atomic E-state index is -0.622. The summed E-state index contributed by atoms with van der Waals surface area (Å²) in [6, 6.07) is 8.57. The Balaban J connectivity index is 1.97. The standard InChI is InChI=1S/C11H10N4O2S/c12-9(16)8-6-18-11(14-8)15-10(17)13-7-4-2-1-3-5-7/h1-6H,(H2,12,16)(H2,13,14,15,17). The summed E-state index contributed by atoms with van der Waals surface area (Å²) in [4.78, 5) is 26.3. The number of aromatic nitrogens is 1. The number of carbonyl (C=O) groups excluding carboxylic acids is 2. The molecular formula is C11H10N4O2S. The van der Waals surface area contributed by atoms with Gasteiger partial charge in [-0.25, -0.2) is 9.78 Å². The van der Waals surface area contributed by atoms with Gasteiger partial charge in [0.25, 0.3) is 5.91 Å². The van der Waals surface area contributed by atoms with E-state index in [0.717, 1.165) is 11.3 Å². The van der Waals surface area contributed by atoms with E-state index in [-0.39, 0.29) is 5.69 Å². The van der Waals surface area contributed by atoms with Gasteiger partial charge in [-0.1, -0.05) is 18.2 Å². The highest BCUT2D eigenvalue weighted by Crippen LogP contribution is 2.15. The molecule has 0 fully saturated rings. The quantitative estimate of drug-likeness (QED) is 0.787. The van der Waals surface area contributed by atoms with Crippen LogP contribution in [-0.4, -0.2) is 16.9 Å². The van der Waals surface area contributed by atoms with Crippen LogP contribution in [0.4, 0.5) is 15.6 Å². The molecule has 0 unspecified atom stereocenters. The average molecular weight is 262 g/mol. The van der Waals surface area contributed by atoms with Crippen LogP contribution in [0.2, 0.25) is 0 Å². The highest BCUT2D eigenvalue weighted by Gasteiger charge is 2.09. The molecule has 0 aliphatic rings. The van der Waals surface area contributed by atoms with Crippen LogP contribution in [0, 0.1) is 0 Å². The summed E-state index contributed by atoms with van der Waals surface area (Å²) in [5, 5.41) is 6.95. The predicted octanol–water partition coefficient (Wildman–Crippen LogP) is 1.89. The van der Waals surface area contributed by atoms with Gasteiger partial charge in [-0.15, -0.1) is 11.3 Å². The van der Waals surface area contributed by atoms with Gasteiger partial charge >= 0.3 is 6.03 Å². The minimum Gasteiger partial charge on any atom is -0.364 e. The van der Waals surface area contributed by atoms with Gasteiger partial charge in [-0.3, -0.25) is 10.1 Å². The third-order valence-corrected chi connectivity index (χ3v) is 2.77. The number of primary amides is 1. The number of nitrogens with two attached hydrogens (primary N) is 1. The van der Waals surface area contributed by atoms with Gasteiger partial charge in [-0.2, -0.15) is 0 Å². The maximum absolute atomic E-state index is 11.6. The van der Waals surface area contributed by atoms with Gasteiger partial charge in [0.15, 0.2) is 5.13 Å². The van der Waals surface area contributed by atoms with E-state index in [0.29, 0.717) is 10.8 Å². The molecule has 4 N–H and O–H groups in total. The summed E-state index contributed by atoms with van der Waals surface area (Å²) in [5.41, 5.74) is 5.86. The molecule has 0 spiro atoms. The van der Waals surface area contributed by atoms with Gasteiger partial charge in [0.1, 0.15) is 5.69 Å². The normalized spacial score (nSPS) is 9.78. The largest absolute Gasteiger partial charge is 0.364 e. The summed E-state index contributed by atoms with van der Waals surface area (Å²) in [6.07, 6.45) is 0. The summed E-state index contributed by atoms with van der Waals surface area (Å²) in [7, 11) is 0. The molecule has 0 saturated heterocycles. The van der Waals surface area contributed by atoms with E-state index in [4.69, 9.17) is 5.73 Å². The lowest BCUT2D eigenvalue weighted by molar-refractivity contribution is 0.0996. The number of thiazole rings is 1. The lowest BCUT2D eigenvalue weighted by Crippen LogP contribution is -2.19. The fraction of sp³-hybridized carbons (Fsp3) is 0. The van der Waals surface area contributed by atoms with Crippen LogP contribution in [-0.2, 0) is 0 Å². The van der Waals surface area contributed by atoms with Gasteiger partial charge in [0, 0.05) is 11.1 Å². The molecule has 3 amide bonds. The van der Waals surface area contributed by atoms with Crippen molar-refractivity contribution in [3.63, 3.8) is 0 Å². The molecule has 1 aromatic heterocycles. The van der Waals surface area contributed by atoms with Crippen molar-refractivity contribution in [1.29, 1.82) is 0 Å². The molecule has 0 atom stereocenters. The maximum Gasteiger partial charge on any atom is 0.325 e. The van der Waals surface area contributed by atoms with Gasteiger partial charge in [-0.05, 0) is 12.1 Å². The number of hydrogen-bond donors (Lipinski definition) is 3. The second-order valence-electron chi connectivity index (χ2n) is 3.35. The first kappa shape index (κ1) is 12.1. The molecule has 1 aromatic carbocycles. The lowest BCUT2D eigenvalue weighted by Gasteiger charge is -2.04. The number of para-hydroxylation sites is 1. The van der Waals surface area contributed by atoms with Crippen LogP contribution >= 0.6 is 11.3 Å². The Morgan fingerprint density at radius 1 is 1.17 bits per heavy atom. The number of amides is 3. The van der Waals surface area contributed by atoms with Gasteiger partial charge < -0.3 is 11.1 Å². The number of nitrogens with zero attached hydrogens (tertiary/aromatic N) is 1. The van der Waals surface area contributed by atoms with E-state index in [1.165, 1.54) is 5.38 Å². The Morgan fingerprint density at radius 3 is 2.50 bits per heavy atom. The highest BCUT2D eigenvalue weighted by atomic mass is 32.1. The Kier molecular flexibility index (Phi) is 3.54. The van der Waals surface area contributed by atoms with Crippen molar-refractivity contribution in [2.24, 2.45) is 5.73 Å². The predicted molar refractivity (Wildman–Crippen MR) is 69.7 cm³/mol. The van der Waals surface area contributed by atoms with Crippen LogP contribution in [0.1, 0.15) is 10.5 Å². The first-order chi connectivity index (χ1) is 8.65. The summed E-state index contributed by atoms with van der Waals surface area (Å²) in [5.74, 6) is -0.622. The first-order valence-corrected chi connectivity index (χ1v) is 5.91. The van der Waals surface area contributed by atoms with Crippen LogP contribution in [0.15, 0.2) is 35.7 Å². The van der Waals surface area contributed by atoms with Crippen molar-refractivity contribution in [1.82, 2.24) is 4.98 Å². The van der Waals surface area contributed by atoms with Crippen molar-refractivity contribution in [3.05, 3.63) is 41.4 Å². The topological polar surface area (TPSA) is 97.1 Å². The van der Waals surface area contributed by atoms with Crippen molar-refractivity contribution in [2.45, 2.75) is 0 Å². The third kappa shape index (κ3) is 3.05. The van der Waals surface area contributed by atoms with Crippen LogP contribution in [0.25, 0.3) is 0 Å². The highest BCUT2D eigenvalue weighted by molar-refractivity contribution is 7.14. The smallest absolute Gasteiger partial charge is 0.325 e. The Hall–Kier alpha value is -2.41. The van der Waals surface area contributed by atoms with Gasteiger partial charge in [0.2, 0.25) is 0 Å². The molecule has 7 heteroatoms. The maximum atomic E-state index is 11.6.